The van der Waals surface area contributed by atoms with Gasteiger partial charge in [-0.05, 0) is 31.8 Å². The van der Waals surface area contributed by atoms with Crippen LogP contribution in [0.3, 0.4) is 0 Å². The highest BCUT2D eigenvalue weighted by atomic mass is 32.2. The molecule has 1 unspecified atom stereocenters. The van der Waals surface area contributed by atoms with Crippen molar-refractivity contribution in [2.24, 2.45) is 5.73 Å². The van der Waals surface area contributed by atoms with Gasteiger partial charge in [-0.1, -0.05) is 19.8 Å². The smallest absolute Gasteiger partial charge is 0.239 e. The van der Waals surface area contributed by atoms with E-state index in [1.165, 1.54) is 0 Å². The van der Waals surface area contributed by atoms with Crippen molar-refractivity contribution in [2.75, 3.05) is 19.1 Å². The minimum absolute atomic E-state index is 0.0852. The van der Waals surface area contributed by atoms with Gasteiger partial charge in [0.2, 0.25) is 5.91 Å². The van der Waals surface area contributed by atoms with E-state index in [9.17, 15) is 4.79 Å². The van der Waals surface area contributed by atoms with Crippen LogP contribution in [0.5, 0.6) is 0 Å². The SMILES string of the molecule is CCCC[C@H](N)C(=O)N(C)C(C)CCSC. The lowest BCUT2D eigenvalue weighted by Crippen LogP contribution is -2.45. The second-order valence-corrected chi connectivity index (χ2v) is 5.31. The Balaban J connectivity index is 4.04. The summed E-state index contributed by atoms with van der Waals surface area (Å²) in [6.45, 7) is 4.20. The summed E-state index contributed by atoms with van der Waals surface area (Å²) >= 11 is 1.81. The Hall–Kier alpha value is -0.220. The van der Waals surface area contributed by atoms with E-state index in [1.807, 2.05) is 18.8 Å². The number of nitrogens with zero attached hydrogens (tertiary/aromatic N) is 1. The van der Waals surface area contributed by atoms with E-state index >= 15 is 0 Å². The Morgan fingerprint density at radius 1 is 1.44 bits per heavy atom. The summed E-state index contributed by atoms with van der Waals surface area (Å²) in [6.07, 6.45) is 6.03. The molecule has 96 valence electrons. The first-order chi connectivity index (χ1) is 7.54. The van der Waals surface area contributed by atoms with Gasteiger partial charge in [0, 0.05) is 13.1 Å². The van der Waals surface area contributed by atoms with E-state index in [-0.39, 0.29) is 18.0 Å². The van der Waals surface area contributed by atoms with E-state index in [2.05, 4.69) is 20.1 Å². The first kappa shape index (κ1) is 15.8. The average molecular weight is 246 g/mol. The summed E-state index contributed by atoms with van der Waals surface area (Å²) < 4.78 is 0. The molecule has 0 aliphatic heterocycles. The number of likely N-dealkylation sites (N-methyl/N-ethyl adjacent to an activating group) is 1. The van der Waals surface area contributed by atoms with E-state index in [4.69, 9.17) is 5.73 Å². The molecule has 0 saturated heterocycles. The number of unbranched alkanes of at least 4 members (excludes halogenated alkanes) is 1. The number of thioether (sulfide) groups is 1. The first-order valence-electron chi connectivity index (χ1n) is 6.05. The van der Waals surface area contributed by atoms with Crippen LogP contribution in [0.4, 0.5) is 0 Å². The average Bonchev–Trinajstić information content (AvgIpc) is 2.30. The molecular formula is C12H26N2OS. The van der Waals surface area contributed by atoms with Gasteiger partial charge in [-0.3, -0.25) is 4.79 Å². The summed E-state index contributed by atoms with van der Waals surface area (Å²) in [5, 5.41) is 0. The zero-order chi connectivity index (χ0) is 12.6. The summed E-state index contributed by atoms with van der Waals surface area (Å²) in [6, 6.07) is -0.0330. The normalized spacial score (nSPS) is 14.6. The monoisotopic (exact) mass is 246 g/mol. The summed E-state index contributed by atoms with van der Waals surface area (Å²) in [7, 11) is 1.86. The first-order valence-corrected chi connectivity index (χ1v) is 7.45. The minimum atomic E-state index is -0.318. The van der Waals surface area contributed by atoms with E-state index in [0.29, 0.717) is 0 Å². The lowest BCUT2D eigenvalue weighted by Gasteiger charge is -2.27. The molecular weight excluding hydrogens is 220 g/mol. The zero-order valence-corrected chi connectivity index (χ0v) is 11.8. The number of carbonyl (C=O) groups excluding carboxylic acids is 1. The highest BCUT2D eigenvalue weighted by Crippen LogP contribution is 2.09. The van der Waals surface area contributed by atoms with Crippen LogP contribution >= 0.6 is 11.8 Å². The number of nitrogens with two attached hydrogens (primary N) is 1. The van der Waals surface area contributed by atoms with Gasteiger partial charge in [0.1, 0.15) is 0 Å². The van der Waals surface area contributed by atoms with Crippen molar-refractivity contribution in [3.8, 4) is 0 Å². The van der Waals surface area contributed by atoms with Gasteiger partial charge in [-0.2, -0.15) is 11.8 Å². The van der Waals surface area contributed by atoms with Crippen LogP contribution < -0.4 is 5.73 Å². The molecule has 0 fully saturated rings. The summed E-state index contributed by atoms with van der Waals surface area (Å²) in [4.78, 5) is 13.7. The van der Waals surface area contributed by atoms with Crippen LogP contribution in [0.15, 0.2) is 0 Å². The molecule has 0 aliphatic carbocycles. The molecule has 0 aromatic carbocycles. The van der Waals surface area contributed by atoms with E-state index in [0.717, 1.165) is 31.4 Å². The van der Waals surface area contributed by atoms with Crippen molar-refractivity contribution >= 4 is 17.7 Å². The van der Waals surface area contributed by atoms with Gasteiger partial charge >= 0.3 is 0 Å². The van der Waals surface area contributed by atoms with Crippen molar-refractivity contribution in [3.05, 3.63) is 0 Å². The fraction of sp³-hybridized carbons (Fsp3) is 0.917. The fourth-order valence-corrected chi connectivity index (χ4v) is 2.09. The largest absolute Gasteiger partial charge is 0.342 e. The minimum Gasteiger partial charge on any atom is -0.342 e. The summed E-state index contributed by atoms with van der Waals surface area (Å²) in [5.74, 6) is 1.17. The molecule has 2 atom stereocenters. The van der Waals surface area contributed by atoms with Crippen molar-refractivity contribution in [1.82, 2.24) is 4.90 Å². The van der Waals surface area contributed by atoms with Gasteiger partial charge in [0.25, 0.3) is 0 Å². The Morgan fingerprint density at radius 2 is 2.06 bits per heavy atom. The van der Waals surface area contributed by atoms with Crippen molar-refractivity contribution in [1.29, 1.82) is 0 Å². The predicted octanol–water partition coefficient (Wildman–Crippen LogP) is 2.10. The van der Waals surface area contributed by atoms with Crippen LogP contribution in [0.1, 0.15) is 39.5 Å². The topological polar surface area (TPSA) is 46.3 Å². The molecule has 0 spiro atoms. The van der Waals surface area contributed by atoms with Crippen molar-refractivity contribution in [3.63, 3.8) is 0 Å². The Kier molecular flexibility index (Phi) is 8.76. The van der Waals surface area contributed by atoms with E-state index < -0.39 is 0 Å². The number of hydrogen-bond acceptors (Lipinski definition) is 3. The number of amides is 1. The third-order valence-electron chi connectivity index (χ3n) is 2.93. The maximum atomic E-state index is 11.9. The third-order valence-corrected chi connectivity index (χ3v) is 3.58. The fourth-order valence-electron chi connectivity index (χ4n) is 1.51. The molecule has 0 aromatic heterocycles. The lowest BCUT2D eigenvalue weighted by atomic mass is 10.1. The number of hydrogen-bond donors (Lipinski definition) is 1. The standard InChI is InChI=1S/C12H26N2OS/c1-5-6-7-11(13)12(15)14(3)10(2)8-9-16-4/h10-11H,5-9,13H2,1-4H3/t10?,11-/m0/s1. The molecule has 0 radical (unpaired) electrons. The highest BCUT2D eigenvalue weighted by Gasteiger charge is 2.20. The second-order valence-electron chi connectivity index (χ2n) is 4.33. The Morgan fingerprint density at radius 3 is 2.56 bits per heavy atom. The van der Waals surface area contributed by atoms with Gasteiger partial charge in [0.05, 0.1) is 6.04 Å². The molecule has 1 amide bonds. The molecule has 0 saturated carbocycles. The van der Waals surface area contributed by atoms with Crippen LogP contribution in [0.2, 0.25) is 0 Å². The van der Waals surface area contributed by atoms with Crippen molar-refractivity contribution < 1.29 is 4.79 Å². The molecule has 4 heteroatoms. The van der Waals surface area contributed by atoms with E-state index in [1.54, 1.807) is 4.90 Å². The number of rotatable bonds is 8. The summed E-state index contributed by atoms with van der Waals surface area (Å²) in [5.41, 5.74) is 5.87. The zero-order valence-electron chi connectivity index (χ0n) is 11.0. The Labute approximate surface area is 104 Å². The Bertz CT molecular complexity index is 199. The predicted molar refractivity (Wildman–Crippen MR) is 72.7 cm³/mol. The van der Waals surface area contributed by atoms with Crippen LogP contribution in [-0.2, 0) is 4.79 Å². The third kappa shape index (κ3) is 5.75. The molecule has 3 nitrogen and oxygen atoms in total. The molecule has 0 rings (SSSR count). The van der Waals surface area contributed by atoms with Crippen molar-refractivity contribution in [2.45, 2.75) is 51.6 Å². The maximum Gasteiger partial charge on any atom is 0.239 e. The van der Waals surface area contributed by atoms with Gasteiger partial charge < -0.3 is 10.6 Å². The van der Waals surface area contributed by atoms with Crippen LogP contribution in [0.25, 0.3) is 0 Å². The molecule has 16 heavy (non-hydrogen) atoms. The van der Waals surface area contributed by atoms with Gasteiger partial charge in [-0.25, -0.2) is 0 Å². The quantitative estimate of drug-likeness (QED) is 0.713. The molecule has 0 bridgehead atoms. The molecule has 2 N–H and O–H groups in total. The second kappa shape index (κ2) is 8.88. The van der Waals surface area contributed by atoms with Gasteiger partial charge in [-0.15, -0.1) is 0 Å². The maximum absolute atomic E-state index is 11.9. The molecule has 0 aromatic rings. The van der Waals surface area contributed by atoms with Crippen LogP contribution in [-0.4, -0.2) is 41.9 Å². The highest BCUT2D eigenvalue weighted by molar-refractivity contribution is 7.98. The molecule has 0 aliphatic rings. The lowest BCUT2D eigenvalue weighted by molar-refractivity contribution is -0.133. The molecule has 0 heterocycles. The van der Waals surface area contributed by atoms with Gasteiger partial charge in [0.15, 0.2) is 0 Å². The number of carbonyl (C=O) groups is 1. The van der Waals surface area contributed by atoms with Crippen LogP contribution in [0, 0.1) is 0 Å².